The number of ether oxygens (including phenoxy) is 1. The van der Waals surface area contributed by atoms with E-state index < -0.39 is 0 Å². The number of carbonyl (C=O) groups is 1. The van der Waals surface area contributed by atoms with E-state index in [1.807, 2.05) is 0 Å². The van der Waals surface area contributed by atoms with Crippen molar-refractivity contribution in [3.63, 3.8) is 0 Å². The molecule has 1 aromatic heterocycles. The molecule has 0 aliphatic rings. The van der Waals surface area contributed by atoms with Crippen molar-refractivity contribution in [2.45, 2.75) is 0 Å². The number of pyridine rings is 1. The van der Waals surface area contributed by atoms with Crippen LogP contribution in [0.5, 0.6) is 5.75 Å². The summed E-state index contributed by atoms with van der Waals surface area (Å²) < 4.78 is 5.13. The van der Waals surface area contributed by atoms with Crippen LogP contribution in [-0.2, 0) is 0 Å². The second-order valence-electron chi connectivity index (χ2n) is 3.65. The minimum absolute atomic E-state index is 0.273. The minimum Gasteiger partial charge on any atom is -0.496 e. The fourth-order valence-electron chi connectivity index (χ4n) is 1.54. The van der Waals surface area contributed by atoms with Gasteiger partial charge in [0, 0.05) is 23.8 Å². The molecule has 0 fully saturated rings. The largest absolute Gasteiger partial charge is 0.496 e. The average molecular weight is 243 g/mol. The van der Waals surface area contributed by atoms with Crippen LogP contribution >= 0.6 is 0 Å². The van der Waals surface area contributed by atoms with E-state index in [2.05, 4.69) is 10.3 Å². The van der Waals surface area contributed by atoms with Crippen molar-refractivity contribution in [3.05, 3.63) is 48.3 Å². The van der Waals surface area contributed by atoms with Crippen molar-refractivity contribution < 1.29 is 9.53 Å². The summed E-state index contributed by atoms with van der Waals surface area (Å²) in [4.78, 5) is 16.0. The summed E-state index contributed by atoms with van der Waals surface area (Å²) in [5, 5.41) is 2.75. The third-order valence-corrected chi connectivity index (χ3v) is 2.41. The highest BCUT2D eigenvalue weighted by Crippen LogP contribution is 2.22. The van der Waals surface area contributed by atoms with Gasteiger partial charge in [0.2, 0.25) is 0 Å². The fourth-order valence-corrected chi connectivity index (χ4v) is 1.54. The van der Waals surface area contributed by atoms with Crippen LogP contribution < -0.4 is 15.8 Å². The molecule has 0 radical (unpaired) electrons. The zero-order valence-corrected chi connectivity index (χ0v) is 9.88. The van der Waals surface area contributed by atoms with Crippen molar-refractivity contribution in [2.24, 2.45) is 0 Å². The molecule has 0 atom stereocenters. The van der Waals surface area contributed by atoms with E-state index in [1.54, 1.807) is 42.7 Å². The van der Waals surface area contributed by atoms with Crippen LogP contribution in [0.4, 0.5) is 11.4 Å². The highest BCUT2D eigenvalue weighted by atomic mass is 16.5. The summed E-state index contributed by atoms with van der Waals surface area (Å²) >= 11 is 0. The quantitative estimate of drug-likeness (QED) is 0.807. The average Bonchev–Trinajstić information content (AvgIpc) is 2.40. The molecular weight excluding hydrogens is 230 g/mol. The number of nitrogens with two attached hydrogens (primary N) is 1. The standard InChI is InChI=1S/C13H13N3O2/c1-18-12-3-2-9(14)8-11(12)13(17)16-10-4-6-15-7-5-10/h2-8H,14H2,1H3,(H,15,16,17). The summed E-state index contributed by atoms with van der Waals surface area (Å²) in [5.74, 6) is 0.209. The highest BCUT2D eigenvalue weighted by Gasteiger charge is 2.12. The Morgan fingerprint density at radius 1 is 1.28 bits per heavy atom. The molecule has 0 bridgehead atoms. The molecule has 1 aromatic carbocycles. The van der Waals surface area contributed by atoms with Crippen LogP contribution in [0, 0.1) is 0 Å². The lowest BCUT2D eigenvalue weighted by Gasteiger charge is -2.09. The summed E-state index contributed by atoms with van der Waals surface area (Å²) in [6.45, 7) is 0. The zero-order valence-electron chi connectivity index (χ0n) is 9.88. The summed E-state index contributed by atoms with van der Waals surface area (Å²) in [5.41, 5.74) is 7.24. The van der Waals surface area contributed by atoms with Gasteiger partial charge in [-0.2, -0.15) is 0 Å². The minimum atomic E-state index is -0.273. The predicted octanol–water partition coefficient (Wildman–Crippen LogP) is 1.92. The Morgan fingerprint density at radius 2 is 2.00 bits per heavy atom. The molecule has 5 heteroatoms. The smallest absolute Gasteiger partial charge is 0.259 e. The number of benzene rings is 1. The van der Waals surface area contributed by atoms with Gasteiger partial charge in [0.15, 0.2) is 0 Å². The lowest BCUT2D eigenvalue weighted by Crippen LogP contribution is -2.13. The van der Waals surface area contributed by atoms with E-state index >= 15 is 0 Å². The molecule has 0 aliphatic carbocycles. The van der Waals surface area contributed by atoms with Crippen molar-refractivity contribution in [1.82, 2.24) is 4.98 Å². The molecule has 3 N–H and O–H groups in total. The number of hydrogen-bond acceptors (Lipinski definition) is 4. The van der Waals surface area contributed by atoms with Gasteiger partial charge in [-0.3, -0.25) is 9.78 Å². The Bertz CT molecular complexity index is 555. The number of nitrogens with zero attached hydrogens (tertiary/aromatic N) is 1. The first kappa shape index (κ1) is 11.9. The summed E-state index contributed by atoms with van der Waals surface area (Å²) in [7, 11) is 1.51. The van der Waals surface area contributed by atoms with Crippen LogP contribution in [-0.4, -0.2) is 18.0 Å². The van der Waals surface area contributed by atoms with Crippen LogP contribution in [0.15, 0.2) is 42.7 Å². The van der Waals surface area contributed by atoms with Gasteiger partial charge in [-0.05, 0) is 30.3 Å². The van der Waals surface area contributed by atoms with Crippen LogP contribution in [0.25, 0.3) is 0 Å². The number of rotatable bonds is 3. The van der Waals surface area contributed by atoms with Crippen molar-refractivity contribution >= 4 is 17.3 Å². The van der Waals surface area contributed by atoms with Gasteiger partial charge in [0.1, 0.15) is 5.75 Å². The molecule has 18 heavy (non-hydrogen) atoms. The Morgan fingerprint density at radius 3 is 2.67 bits per heavy atom. The SMILES string of the molecule is COc1ccc(N)cc1C(=O)Nc1ccncc1. The van der Waals surface area contributed by atoms with Crippen molar-refractivity contribution in [3.8, 4) is 5.75 Å². The Labute approximate surface area is 105 Å². The van der Waals surface area contributed by atoms with Gasteiger partial charge in [0.25, 0.3) is 5.91 Å². The predicted molar refractivity (Wildman–Crippen MR) is 69.6 cm³/mol. The van der Waals surface area contributed by atoms with Gasteiger partial charge >= 0.3 is 0 Å². The molecule has 2 rings (SSSR count). The highest BCUT2D eigenvalue weighted by molar-refractivity contribution is 6.06. The Hall–Kier alpha value is -2.56. The van der Waals surface area contributed by atoms with Gasteiger partial charge in [-0.1, -0.05) is 0 Å². The molecule has 0 spiro atoms. The van der Waals surface area contributed by atoms with Crippen molar-refractivity contribution in [1.29, 1.82) is 0 Å². The second kappa shape index (κ2) is 5.18. The maximum Gasteiger partial charge on any atom is 0.259 e. The van der Waals surface area contributed by atoms with Gasteiger partial charge in [-0.25, -0.2) is 0 Å². The van der Waals surface area contributed by atoms with Gasteiger partial charge in [-0.15, -0.1) is 0 Å². The molecule has 1 heterocycles. The number of nitrogen functional groups attached to an aromatic ring is 1. The second-order valence-corrected chi connectivity index (χ2v) is 3.65. The monoisotopic (exact) mass is 243 g/mol. The van der Waals surface area contributed by atoms with E-state index in [0.717, 1.165) is 0 Å². The third kappa shape index (κ3) is 2.57. The first-order valence-electron chi connectivity index (χ1n) is 5.35. The third-order valence-electron chi connectivity index (χ3n) is 2.41. The molecule has 5 nitrogen and oxygen atoms in total. The van der Waals surface area contributed by atoms with E-state index in [0.29, 0.717) is 22.7 Å². The molecule has 0 unspecified atom stereocenters. The lowest BCUT2D eigenvalue weighted by atomic mass is 10.1. The zero-order chi connectivity index (χ0) is 13.0. The first-order valence-corrected chi connectivity index (χ1v) is 5.35. The van der Waals surface area contributed by atoms with E-state index in [9.17, 15) is 4.79 Å². The molecule has 0 saturated carbocycles. The number of hydrogen-bond donors (Lipinski definition) is 2. The Balaban J connectivity index is 2.26. The van der Waals surface area contributed by atoms with Crippen LogP contribution in [0.1, 0.15) is 10.4 Å². The van der Waals surface area contributed by atoms with Crippen molar-refractivity contribution in [2.75, 3.05) is 18.2 Å². The maximum atomic E-state index is 12.1. The summed E-state index contributed by atoms with van der Waals surface area (Å²) in [6, 6.07) is 8.33. The molecular formula is C13H13N3O2. The number of carbonyl (C=O) groups excluding carboxylic acids is 1. The molecule has 1 amide bonds. The van der Waals surface area contributed by atoms with E-state index in [1.165, 1.54) is 7.11 Å². The van der Waals surface area contributed by atoms with Crippen LogP contribution in [0.2, 0.25) is 0 Å². The molecule has 2 aromatic rings. The van der Waals surface area contributed by atoms with E-state index in [-0.39, 0.29) is 5.91 Å². The van der Waals surface area contributed by atoms with E-state index in [4.69, 9.17) is 10.5 Å². The molecule has 0 aliphatic heterocycles. The molecule has 92 valence electrons. The van der Waals surface area contributed by atoms with Gasteiger partial charge < -0.3 is 15.8 Å². The molecule has 0 saturated heterocycles. The summed E-state index contributed by atoms with van der Waals surface area (Å²) in [6.07, 6.45) is 3.21. The number of aromatic nitrogens is 1. The normalized spacial score (nSPS) is 9.83. The van der Waals surface area contributed by atoms with Crippen LogP contribution in [0.3, 0.4) is 0 Å². The number of nitrogens with one attached hydrogen (secondary N) is 1. The fraction of sp³-hybridized carbons (Fsp3) is 0.0769. The lowest BCUT2D eigenvalue weighted by molar-refractivity contribution is 0.102. The first-order chi connectivity index (χ1) is 8.70. The van der Waals surface area contributed by atoms with Gasteiger partial charge in [0.05, 0.1) is 12.7 Å². The number of amides is 1. The number of anilines is 2. The topological polar surface area (TPSA) is 77.2 Å². The Kier molecular flexibility index (Phi) is 3.43. The number of methoxy groups -OCH3 is 1. The maximum absolute atomic E-state index is 12.1.